The zero-order valence-electron chi connectivity index (χ0n) is 13.8. The fourth-order valence-electron chi connectivity index (χ4n) is 2.19. The molecule has 0 unspecified atom stereocenters. The van der Waals surface area contributed by atoms with E-state index in [1.165, 1.54) is 43.3 Å². The fourth-order valence-corrected chi connectivity index (χ4v) is 4.73. The predicted molar refractivity (Wildman–Crippen MR) is 96.2 cm³/mol. The Labute approximate surface area is 157 Å². The number of nitro benzene ring substituents is 1. The van der Waals surface area contributed by atoms with E-state index in [4.69, 9.17) is 0 Å². The molecule has 0 aliphatic carbocycles. The van der Waals surface area contributed by atoms with Gasteiger partial charge in [0.2, 0.25) is 24.9 Å². The van der Waals surface area contributed by atoms with Crippen molar-refractivity contribution >= 4 is 32.8 Å². The number of carbonyl (C=O) groups is 1. The second-order valence-corrected chi connectivity index (χ2v) is 8.37. The third-order valence-electron chi connectivity index (χ3n) is 3.36. The van der Waals surface area contributed by atoms with E-state index in [1.807, 2.05) is 0 Å². The van der Waals surface area contributed by atoms with E-state index < -0.39 is 20.7 Å². The summed E-state index contributed by atoms with van der Waals surface area (Å²) in [4.78, 5) is 25.7. The number of rotatable bonds is 4. The van der Waals surface area contributed by atoms with Crippen LogP contribution in [0.15, 0.2) is 68.8 Å². The van der Waals surface area contributed by atoms with Gasteiger partial charge in [0, 0.05) is 19.1 Å². The average molecular weight is 404 g/mol. The van der Waals surface area contributed by atoms with Crippen molar-refractivity contribution in [1.29, 1.82) is 0 Å². The number of nitrogens with zero attached hydrogens (tertiary/aromatic N) is 4. The van der Waals surface area contributed by atoms with Crippen LogP contribution in [0.3, 0.4) is 0 Å². The van der Waals surface area contributed by atoms with Crippen LogP contribution in [0.4, 0.5) is 5.69 Å². The number of benzene rings is 2. The predicted octanol–water partition coefficient (Wildman–Crippen LogP) is 2.12. The first kappa shape index (κ1) is 18.6. The van der Waals surface area contributed by atoms with Crippen LogP contribution in [0.25, 0.3) is 5.69 Å². The maximum Gasteiger partial charge on any atom is 0.271 e. The van der Waals surface area contributed by atoms with Crippen LogP contribution in [0, 0.1) is 10.1 Å². The van der Waals surface area contributed by atoms with Crippen LogP contribution in [-0.4, -0.2) is 29.0 Å². The van der Waals surface area contributed by atoms with Gasteiger partial charge in [-0.1, -0.05) is 35.6 Å². The molecule has 3 aromatic rings. The molecule has 0 saturated carbocycles. The third kappa shape index (κ3) is 3.83. The molecule has 0 aliphatic heterocycles. The minimum absolute atomic E-state index is 0.00231. The molecule has 0 spiro atoms. The highest BCUT2D eigenvalue weighted by atomic mass is 32.2. The van der Waals surface area contributed by atoms with Crippen LogP contribution < -0.4 is 4.80 Å². The van der Waals surface area contributed by atoms with E-state index in [2.05, 4.69) is 10.1 Å². The zero-order chi connectivity index (χ0) is 19.6. The molecule has 0 saturated heterocycles. The summed E-state index contributed by atoms with van der Waals surface area (Å²) in [7, 11) is -3.93. The smallest absolute Gasteiger partial charge is 0.271 e. The van der Waals surface area contributed by atoms with Crippen LogP contribution >= 0.6 is 11.3 Å². The van der Waals surface area contributed by atoms with Gasteiger partial charge in [-0.2, -0.15) is 4.99 Å². The molecule has 0 aliphatic rings. The van der Waals surface area contributed by atoms with Gasteiger partial charge < -0.3 is 0 Å². The normalized spacial score (nSPS) is 12.1. The second-order valence-electron chi connectivity index (χ2n) is 5.29. The quantitative estimate of drug-likeness (QED) is 0.484. The van der Waals surface area contributed by atoms with Crippen molar-refractivity contribution in [2.24, 2.45) is 4.99 Å². The summed E-state index contributed by atoms with van der Waals surface area (Å²) in [6, 6.07) is 13.1. The highest BCUT2D eigenvalue weighted by Gasteiger charge is 2.24. The summed E-state index contributed by atoms with van der Waals surface area (Å²) in [5, 5.41) is 15.1. The highest BCUT2D eigenvalue weighted by Crippen LogP contribution is 2.22. The first-order valence-corrected chi connectivity index (χ1v) is 9.79. The van der Waals surface area contributed by atoms with Crippen molar-refractivity contribution < 1.29 is 18.1 Å². The summed E-state index contributed by atoms with van der Waals surface area (Å²) in [5.74, 6) is -0.554. The first-order valence-electron chi connectivity index (χ1n) is 7.49. The Hall–Kier alpha value is -3.18. The van der Waals surface area contributed by atoms with Gasteiger partial charge in [0.15, 0.2) is 0 Å². The number of non-ortho nitro benzene ring substituents is 1. The van der Waals surface area contributed by atoms with E-state index in [0.717, 1.165) is 4.68 Å². The Kier molecular flexibility index (Phi) is 4.97. The molecule has 1 amide bonds. The molecule has 9 nitrogen and oxygen atoms in total. The number of hydrogen-bond acceptors (Lipinski definition) is 7. The minimum atomic E-state index is -3.93. The summed E-state index contributed by atoms with van der Waals surface area (Å²) in [6.07, 6.45) is 0. The molecule has 2 aromatic carbocycles. The first-order chi connectivity index (χ1) is 12.8. The van der Waals surface area contributed by atoms with Crippen LogP contribution in [-0.2, 0) is 14.6 Å². The van der Waals surface area contributed by atoms with Crippen LogP contribution in [0.2, 0.25) is 0 Å². The van der Waals surface area contributed by atoms with E-state index in [0.29, 0.717) is 11.3 Å². The molecule has 1 heterocycles. The molecule has 0 N–H and O–H groups in total. The third-order valence-corrected chi connectivity index (χ3v) is 6.41. The Morgan fingerprint density at radius 2 is 1.89 bits per heavy atom. The number of carbonyl (C=O) groups excluding carboxylic acids is 1. The molecular formula is C16H12N4O5S2. The molecule has 11 heteroatoms. The SMILES string of the molecule is CC(=O)N=c1sc(S(=O)(=O)c2ccccc2)nn1-c1cccc([N+](=O)[O-])c1. The maximum absolute atomic E-state index is 12.8. The molecular weight excluding hydrogens is 392 g/mol. The number of hydrogen-bond donors (Lipinski definition) is 0. The minimum Gasteiger partial charge on any atom is -0.273 e. The van der Waals surface area contributed by atoms with Gasteiger partial charge in [-0.3, -0.25) is 14.9 Å². The Bertz CT molecular complexity index is 1200. The molecule has 0 fully saturated rings. The van der Waals surface area contributed by atoms with Crippen molar-refractivity contribution in [1.82, 2.24) is 9.78 Å². The lowest BCUT2D eigenvalue weighted by atomic mass is 10.3. The van der Waals surface area contributed by atoms with E-state index in [9.17, 15) is 23.3 Å². The van der Waals surface area contributed by atoms with Gasteiger partial charge in [-0.15, -0.1) is 5.10 Å². The monoisotopic (exact) mass is 404 g/mol. The number of nitro groups is 1. The standard InChI is InChI=1S/C16H12N4O5S2/c1-11(21)17-15-19(12-6-5-7-13(10-12)20(22)23)18-16(26-15)27(24,25)14-8-3-2-4-9-14/h2-10H,1H3. The Morgan fingerprint density at radius 3 is 2.52 bits per heavy atom. The van der Waals surface area contributed by atoms with Gasteiger partial charge in [0.05, 0.1) is 15.5 Å². The molecule has 0 bridgehead atoms. The molecule has 0 radical (unpaired) electrons. The zero-order valence-corrected chi connectivity index (χ0v) is 15.5. The second kappa shape index (κ2) is 7.21. The van der Waals surface area contributed by atoms with Crippen molar-refractivity contribution in [3.05, 3.63) is 69.5 Å². The lowest BCUT2D eigenvalue weighted by Crippen LogP contribution is -2.16. The summed E-state index contributed by atoms with van der Waals surface area (Å²) >= 11 is 0.705. The molecule has 138 valence electrons. The van der Waals surface area contributed by atoms with Gasteiger partial charge in [-0.05, 0) is 18.2 Å². The fraction of sp³-hybridized carbons (Fsp3) is 0.0625. The molecule has 0 atom stereocenters. The Morgan fingerprint density at radius 1 is 1.19 bits per heavy atom. The number of amides is 1. The number of aromatic nitrogens is 2. The highest BCUT2D eigenvalue weighted by molar-refractivity contribution is 7.93. The van der Waals surface area contributed by atoms with Crippen molar-refractivity contribution in [3.8, 4) is 5.69 Å². The maximum atomic E-state index is 12.8. The average Bonchev–Trinajstić information content (AvgIpc) is 3.06. The van der Waals surface area contributed by atoms with Gasteiger partial charge in [-0.25, -0.2) is 13.1 Å². The molecule has 3 rings (SSSR count). The van der Waals surface area contributed by atoms with Crippen molar-refractivity contribution in [3.63, 3.8) is 0 Å². The number of sulfone groups is 1. The van der Waals surface area contributed by atoms with E-state index >= 15 is 0 Å². The lowest BCUT2D eigenvalue weighted by molar-refractivity contribution is -0.384. The van der Waals surface area contributed by atoms with Gasteiger partial charge in [0.25, 0.3) is 5.69 Å². The summed E-state index contributed by atoms with van der Waals surface area (Å²) in [6.45, 7) is 1.21. The summed E-state index contributed by atoms with van der Waals surface area (Å²) < 4.78 is 26.4. The van der Waals surface area contributed by atoms with Crippen LogP contribution in [0.5, 0.6) is 0 Å². The topological polar surface area (TPSA) is 125 Å². The van der Waals surface area contributed by atoms with E-state index in [-0.39, 0.29) is 25.4 Å². The van der Waals surface area contributed by atoms with Crippen molar-refractivity contribution in [2.45, 2.75) is 16.2 Å². The van der Waals surface area contributed by atoms with Crippen molar-refractivity contribution in [2.75, 3.05) is 0 Å². The van der Waals surface area contributed by atoms with Gasteiger partial charge in [0.1, 0.15) is 0 Å². The lowest BCUT2D eigenvalue weighted by Gasteiger charge is -2.01. The Balaban J connectivity index is 2.23. The summed E-state index contributed by atoms with van der Waals surface area (Å²) in [5.41, 5.74) is 0.0178. The van der Waals surface area contributed by atoms with E-state index in [1.54, 1.807) is 18.2 Å². The molecule has 1 aromatic heterocycles. The largest absolute Gasteiger partial charge is 0.273 e. The molecule has 27 heavy (non-hydrogen) atoms. The van der Waals surface area contributed by atoms with Gasteiger partial charge >= 0.3 is 0 Å². The van der Waals surface area contributed by atoms with Crippen LogP contribution in [0.1, 0.15) is 6.92 Å².